The fourth-order valence-corrected chi connectivity index (χ4v) is 0.982. The van der Waals surface area contributed by atoms with Gasteiger partial charge in [0.2, 0.25) is 5.90 Å². The predicted molar refractivity (Wildman–Crippen MR) is 36.5 cm³/mol. The van der Waals surface area contributed by atoms with Crippen LogP contribution in [-0.2, 0) is 9.47 Å². The zero-order valence-electron chi connectivity index (χ0n) is 5.49. The molecule has 2 rings (SSSR count). The Hall–Kier alpha value is -1.06. The summed E-state index contributed by atoms with van der Waals surface area (Å²) < 4.78 is 10.1. The Morgan fingerprint density at radius 2 is 2.60 bits per heavy atom. The second kappa shape index (κ2) is 2.28. The van der Waals surface area contributed by atoms with Gasteiger partial charge >= 0.3 is 0 Å². The first-order chi connectivity index (χ1) is 4.97. The van der Waals surface area contributed by atoms with Gasteiger partial charge in [-0.25, -0.2) is 4.99 Å². The van der Waals surface area contributed by atoms with Crippen molar-refractivity contribution in [3.8, 4) is 0 Å². The molecule has 0 spiro atoms. The van der Waals surface area contributed by atoms with Gasteiger partial charge in [-0.05, 0) is 0 Å². The van der Waals surface area contributed by atoms with Crippen LogP contribution in [0.25, 0.3) is 0 Å². The summed E-state index contributed by atoms with van der Waals surface area (Å²) in [5.41, 5.74) is 0. The highest BCUT2D eigenvalue weighted by atomic mass is 16.5. The van der Waals surface area contributed by atoms with Crippen LogP contribution < -0.4 is 0 Å². The smallest absolute Gasteiger partial charge is 0.212 e. The van der Waals surface area contributed by atoms with Crippen LogP contribution in [0.15, 0.2) is 9.98 Å². The van der Waals surface area contributed by atoms with Crippen LogP contribution >= 0.6 is 0 Å². The molecule has 54 valence electrons. The SMILES string of the molecule is C1=NC(C2=NCCO2)CO1. The van der Waals surface area contributed by atoms with Crippen molar-refractivity contribution in [2.75, 3.05) is 19.8 Å². The minimum Gasteiger partial charge on any atom is -0.481 e. The third-order valence-electron chi connectivity index (χ3n) is 1.46. The summed E-state index contributed by atoms with van der Waals surface area (Å²) in [5, 5.41) is 0. The van der Waals surface area contributed by atoms with Crippen molar-refractivity contribution in [2.24, 2.45) is 9.98 Å². The Balaban J connectivity index is 2.04. The van der Waals surface area contributed by atoms with Crippen LogP contribution in [0.1, 0.15) is 0 Å². The van der Waals surface area contributed by atoms with Crippen molar-refractivity contribution in [3.05, 3.63) is 0 Å². The summed E-state index contributed by atoms with van der Waals surface area (Å²) in [5.74, 6) is 0.730. The van der Waals surface area contributed by atoms with E-state index in [1.54, 1.807) is 0 Å². The number of hydrogen-bond donors (Lipinski definition) is 0. The van der Waals surface area contributed by atoms with Crippen molar-refractivity contribution in [2.45, 2.75) is 6.04 Å². The van der Waals surface area contributed by atoms with Crippen molar-refractivity contribution >= 4 is 12.3 Å². The molecule has 0 saturated heterocycles. The normalized spacial score (nSPS) is 29.6. The van der Waals surface area contributed by atoms with Crippen molar-refractivity contribution in [3.63, 3.8) is 0 Å². The highest BCUT2D eigenvalue weighted by Crippen LogP contribution is 2.06. The highest BCUT2D eigenvalue weighted by Gasteiger charge is 2.22. The standard InChI is InChI=1S/C6H8N2O2/c1-2-10-6(7-1)5-3-9-4-8-5/h4-5H,1-3H2. The summed E-state index contributed by atoms with van der Waals surface area (Å²) in [6.45, 7) is 2.04. The average Bonchev–Trinajstić information content (AvgIpc) is 2.59. The lowest BCUT2D eigenvalue weighted by Crippen LogP contribution is -2.20. The van der Waals surface area contributed by atoms with E-state index in [0.29, 0.717) is 13.2 Å². The third-order valence-corrected chi connectivity index (χ3v) is 1.46. The summed E-state index contributed by atoms with van der Waals surface area (Å²) in [6.07, 6.45) is 1.45. The zero-order valence-corrected chi connectivity index (χ0v) is 5.49. The lowest BCUT2D eigenvalue weighted by atomic mass is 10.3. The largest absolute Gasteiger partial charge is 0.481 e. The molecule has 2 aliphatic rings. The minimum atomic E-state index is 0.0301. The maximum absolute atomic E-state index is 5.19. The van der Waals surface area contributed by atoms with E-state index in [1.165, 1.54) is 6.40 Å². The summed E-state index contributed by atoms with van der Waals surface area (Å²) in [7, 11) is 0. The van der Waals surface area contributed by atoms with Gasteiger partial charge in [0, 0.05) is 0 Å². The fourth-order valence-electron chi connectivity index (χ4n) is 0.982. The monoisotopic (exact) mass is 140 g/mol. The molecule has 0 amide bonds. The Bertz CT molecular complexity index is 188. The molecule has 0 aromatic carbocycles. The molecule has 0 saturated carbocycles. The van der Waals surface area contributed by atoms with Crippen molar-refractivity contribution in [1.82, 2.24) is 0 Å². The van der Waals surface area contributed by atoms with E-state index in [4.69, 9.17) is 9.47 Å². The third kappa shape index (κ3) is 0.853. The molecule has 2 aliphatic heterocycles. The summed E-state index contributed by atoms with van der Waals surface area (Å²) >= 11 is 0. The molecule has 0 radical (unpaired) electrons. The number of aliphatic imine (C=N–C) groups is 2. The molecule has 1 unspecified atom stereocenters. The Labute approximate surface area is 58.6 Å². The maximum Gasteiger partial charge on any atom is 0.212 e. The van der Waals surface area contributed by atoms with Gasteiger partial charge in [-0.15, -0.1) is 0 Å². The molecule has 2 heterocycles. The molecule has 0 bridgehead atoms. The number of hydrogen-bond acceptors (Lipinski definition) is 4. The van der Waals surface area contributed by atoms with Gasteiger partial charge < -0.3 is 9.47 Å². The Kier molecular flexibility index (Phi) is 1.30. The molecule has 4 nitrogen and oxygen atoms in total. The summed E-state index contributed by atoms with van der Waals surface area (Å²) in [6, 6.07) is 0.0301. The van der Waals surface area contributed by atoms with E-state index < -0.39 is 0 Å². The number of rotatable bonds is 1. The molecular formula is C6H8N2O2. The lowest BCUT2D eigenvalue weighted by molar-refractivity contribution is 0.304. The van der Waals surface area contributed by atoms with Crippen molar-refractivity contribution in [1.29, 1.82) is 0 Å². The molecular weight excluding hydrogens is 132 g/mol. The van der Waals surface area contributed by atoms with Gasteiger partial charge in [-0.3, -0.25) is 4.99 Å². The van der Waals surface area contributed by atoms with E-state index in [2.05, 4.69) is 9.98 Å². The quantitative estimate of drug-likeness (QED) is 0.508. The molecule has 0 aromatic heterocycles. The summed E-state index contributed by atoms with van der Waals surface area (Å²) in [4.78, 5) is 8.13. The van der Waals surface area contributed by atoms with Gasteiger partial charge in [-0.1, -0.05) is 0 Å². The van der Waals surface area contributed by atoms with Crippen LogP contribution in [0.4, 0.5) is 0 Å². The molecule has 0 N–H and O–H groups in total. The molecule has 0 fully saturated rings. The van der Waals surface area contributed by atoms with Crippen molar-refractivity contribution < 1.29 is 9.47 Å². The first-order valence-electron chi connectivity index (χ1n) is 3.27. The van der Waals surface area contributed by atoms with Gasteiger partial charge in [0.15, 0.2) is 12.4 Å². The Morgan fingerprint density at radius 1 is 1.60 bits per heavy atom. The van der Waals surface area contributed by atoms with E-state index >= 15 is 0 Å². The van der Waals surface area contributed by atoms with Gasteiger partial charge in [0.05, 0.1) is 6.54 Å². The van der Waals surface area contributed by atoms with Crippen LogP contribution in [0.5, 0.6) is 0 Å². The number of nitrogens with zero attached hydrogens (tertiary/aromatic N) is 2. The molecule has 4 heteroatoms. The molecule has 0 aliphatic carbocycles. The second-order valence-corrected chi connectivity index (χ2v) is 2.17. The lowest BCUT2D eigenvalue weighted by Gasteiger charge is -2.03. The van der Waals surface area contributed by atoms with E-state index in [0.717, 1.165) is 12.4 Å². The molecule has 1 atom stereocenters. The van der Waals surface area contributed by atoms with Crippen LogP contribution in [-0.4, -0.2) is 38.1 Å². The average molecular weight is 140 g/mol. The van der Waals surface area contributed by atoms with E-state index in [9.17, 15) is 0 Å². The van der Waals surface area contributed by atoms with Crippen LogP contribution in [0.3, 0.4) is 0 Å². The van der Waals surface area contributed by atoms with Crippen LogP contribution in [0, 0.1) is 0 Å². The van der Waals surface area contributed by atoms with Gasteiger partial charge in [0.1, 0.15) is 13.2 Å². The second-order valence-electron chi connectivity index (χ2n) is 2.17. The first kappa shape index (κ1) is 5.70. The Morgan fingerprint density at radius 3 is 3.20 bits per heavy atom. The highest BCUT2D eigenvalue weighted by molar-refractivity contribution is 5.85. The van der Waals surface area contributed by atoms with Gasteiger partial charge in [-0.2, -0.15) is 0 Å². The van der Waals surface area contributed by atoms with E-state index in [1.807, 2.05) is 0 Å². The predicted octanol–water partition coefficient (Wildman–Crippen LogP) is -0.158. The number of ether oxygens (including phenoxy) is 2. The van der Waals surface area contributed by atoms with Gasteiger partial charge in [0.25, 0.3) is 0 Å². The minimum absolute atomic E-state index is 0.0301. The fraction of sp³-hybridized carbons (Fsp3) is 0.667. The topological polar surface area (TPSA) is 43.2 Å². The van der Waals surface area contributed by atoms with E-state index in [-0.39, 0.29) is 6.04 Å². The molecule has 0 aromatic rings. The zero-order chi connectivity index (χ0) is 6.81. The van der Waals surface area contributed by atoms with Crippen LogP contribution in [0.2, 0.25) is 0 Å². The first-order valence-corrected chi connectivity index (χ1v) is 3.27. The maximum atomic E-state index is 5.19. The molecule has 10 heavy (non-hydrogen) atoms.